The molecule has 2 aromatic carbocycles. The van der Waals surface area contributed by atoms with Crippen LogP contribution in [-0.4, -0.2) is 67.1 Å². The molecule has 1 N–H and O–H groups in total. The monoisotopic (exact) mass is 466 g/mol. The molecule has 2 fully saturated rings. The molecule has 2 aromatic rings. The molecule has 33 heavy (non-hydrogen) atoms. The predicted molar refractivity (Wildman–Crippen MR) is 124 cm³/mol. The van der Waals surface area contributed by atoms with Crippen LogP contribution in [0, 0.1) is 0 Å². The Bertz CT molecular complexity index is 1160. The van der Waals surface area contributed by atoms with Crippen LogP contribution >= 0.6 is 0 Å². The van der Waals surface area contributed by atoms with Gasteiger partial charge in [0.15, 0.2) is 22.6 Å². The van der Waals surface area contributed by atoms with Crippen LogP contribution in [0.5, 0.6) is 0 Å². The van der Waals surface area contributed by atoms with Gasteiger partial charge in [-0.25, -0.2) is 4.21 Å². The van der Waals surface area contributed by atoms with Crippen LogP contribution in [0.2, 0.25) is 0 Å². The molecule has 5 rings (SSSR count). The van der Waals surface area contributed by atoms with Gasteiger partial charge in [-0.05, 0) is 31.0 Å². The number of hydrogen-bond donors (Lipinski definition) is 1. The minimum absolute atomic E-state index is 0.195. The zero-order chi connectivity index (χ0) is 23.2. The zero-order valence-corrected chi connectivity index (χ0v) is 19.1. The van der Waals surface area contributed by atoms with Crippen LogP contribution in [0.15, 0.2) is 42.5 Å². The molecular formula is C25H26N2O5S. The van der Waals surface area contributed by atoms with E-state index in [0.29, 0.717) is 61.3 Å². The van der Waals surface area contributed by atoms with E-state index in [2.05, 4.69) is 4.90 Å². The summed E-state index contributed by atoms with van der Waals surface area (Å²) in [5.74, 6) is -0.647. The number of carbonyl (C=O) groups excluding carboxylic acids is 3. The fourth-order valence-electron chi connectivity index (χ4n) is 5.44. The van der Waals surface area contributed by atoms with Gasteiger partial charge in [-0.3, -0.25) is 19.3 Å². The second kappa shape index (κ2) is 8.59. The van der Waals surface area contributed by atoms with Crippen molar-refractivity contribution in [2.45, 2.75) is 37.0 Å². The van der Waals surface area contributed by atoms with Crippen LogP contribution in [0.25, 0.3) is 0 Å². The van der Waals surface area contributed by atoms with E-state index in [4.69, 9.17) is 0 Å². The number of amides is 1. The van der Waals surface area contributed by atoms with Crippen molar-refractivity contribution in [3.8, 4) is 0 Å². The van der Waals surface area contributed by atoms with Crippen molar-refractivity contribution in [2.24, 2.45) is 0 Å². The summed E-state index contributed by atoms with van der Waals surface area (Å²) < 4.78 is 22.3. The molecule has 1 atom stereocenters. The molecule has 1 amide bonds. The predicted octanol–water partition coefficient (Wildman–Crippen LogP) is 3.10. The first-order chi connectivity index (χ1) is 15.9. The first-order valence-electron chi connectivity index (χ1n) is 11.4. The number of piperazine rings is 1. The maximum absolute atomic E-state index is 13.2. The molecule has 172 valence electrons. The second-order valence-electron chi connectivity index (χ2n) is 9.00. The normalized spacial score (nSPS) is 21.3. The van der Waals surface area contributed by atoms with Gasteiger partial charge in [0.1, 0.15) is 4.87 Å². The Morgan fingerprint density at radius 2 is 1.39 bits per heavy atom. The van der Waals surface area contributed by atoms with Crippen molar-refractivity contribution in [1.82, 2.24) is 9.80 Å². The average Bonchev–Trinajstić information content (AvgIpc) is 2.87. The molecule has 8 heteroatoms. The Morgan fingerprint density at radius 3 is 2.00 bits per heavy atom. The molecule has 1 aliphatic heterocycles. The Balaban J connectivity index is 1.34. The van der Waals surface area contributed by atoms with Crippen molar-refractivity contribution in [1.29, 1.82) is 0 Å². The third-order valence-corrected chi connectivity index (χ3v) is 8.59. The van der Waals surface area contributed by atoms with Crippen LogP contribution in [0.4, 0.5) is 0 Å². The van der Waals surface area contributed by atoms with Crippen molar-refractivity contribution in [3.63, 3.8) is 0 Å². The van der Waals surface area contributed by atoms with E-state index in [-0.39, 0.29) is 23.0 Å². The van der Waals surface area contributed by atoms with Gasteiger partial charge in [0.05, 0.1) is 0 Å². The van der Waals surface area contributed by atoms with E-state index in [9.17, 15) is 23.1 Å². The lowest BCUT2D eigenvalue weighted by atomic mass is 9.83. The summed E-state index contributed by atoms with van der Waals surface area (Å²) in [5, 5.41) is 0. The summed E-state index contributed by atoms with van der Waals surface area (Å²) in [7, 11) is 0. The summed E-state index contributed by atoms with van der Waals surface area (Å²) in [6.07, 6.45) is 4.37. The number of rotatable bonds is 3. The number of ketones is 2. The largest absolute Gasteiger partial charge is 0.336 e. The summed E-state index contributed by atoms with van der Waals surface area (Å²) in [4.78, 5) is 42.1. The molecule has 0 aromatic heterocycles. The maximum Gasteiger partial charge on any atom is 0.253 e. The number of carbonyl (C=O) groups is 3. The van der Waals surface area contributed by atoms with E-state index in [1.54, 1.807) is 41.3 Å². The fraction of sp³-hybridized carbons (Fsp3) is 0.400. The number of fused-ring (bicyclic) bond motifs is 2. The topological polar surface area (TPSA) is 95.0 Å². The Morgan fingerprint density at radius 1 is 0.818 bits per heavy atom. The lowest BCUT2D eigenvalue weighted by Gasteiger charge is -2.47. The van der Waals surface area contributed by atoms with Gasteiger partial charge in [0.25, 0.3) is 5.91 Å². The third kappa shape index (κ3) is 3.66. The lowest BCUT2D eigenvalue weighted by molar-refractivity contribution is 0.0421. The van der Waals surface area contributed by atoms with Crippen LogP contribution in [-0.2, 0) is 11.1 Å². The van der Waals surface area contributed by atoms with E-state index in [1.807, 2.05) is 0 Å². The second-order valence-corrected chi connectivity index (χ2v) is 10.3. The molecular weight excluding hydrogens is 440 g/mol. The summed E-state index contributed by atoms with van der Waals surface area (Å²) in [6.45, 7) is 1.97. The summed E-state index contributed by atoms with van der Waals surface area (Å²) in [6, 6.07) is 11.5. The molecule has 0 bridgehead atoms. The van der Waals surface area contributed by atoms with E-state index in [1.165, 1.54) is 6.07 Å². The Labute approximate surface area is 195 Å². The number of benzene rings is 2. The molecule has 7 nitrogen and oxygen atoms in total. The molecule has 1 unspecified atom stereocenters. The standard InChI is InChI=1S/C25H26N2O5S/c28-22-18-6-2-3-7-19(18)23(29)21-16-17(8-9-20(21)22)24(30)26-12-14-27(15-13-26)25(33(31)32)10-4-1-5-11-25/h2-3,6-9,16H,1,4-5,10-15H2,(H,31,32). The van der Waals surface area contributed by atoms with Crippen LogP contribution < -0.4 is 0 Å². The van der Waals surface area contributed by atoms with Gasteiger partial charge in [-0.2, -0.15) is 0 Å². The quantitative estimate of drug-likeness (QED) is 0.596. The highest BCUT2D eigenvalue weighted by Crippen LogP contribution is 2.37. The third-order valence-electron chi connectivity index (χ3n) is 7.28. The van der Waals surface area contributed by atoms with Crippen LogP contribution in [0.1, 0.15) is 74.3 Å². The minimum atomic E-state index is -1.94. The van der Waals surface area contributed by atoms with E-state index >= 15 is 0 Å². The van der Waals surface area contributed by atoms with Gasteiger partial charge in [0.2, 0.25) is 0 Å². The first-order valence-corrected chi connectivity index (χ1v) is 12.5. The fourth-order valence-corrected chi connectivity index (χ4v) is 6.48. The molecule has 0 spiro atoms. The summed E-state index contributed by atoms with van der Waals surface area (Å²) >= 11 is -1.94. The van der Waals surface area contributed by atoms with Crippen molar-refractivity contribution in [3.05, 3.63) is 70.3 Å². The smallest absolute Gasteiger partial charge is 0.253 e. The molecule has 1 saturated heterocycles. The highest BCUT2D eigenvalue weighted by molar-refractivity contribution is 7.80. The van der Waals surface area contributed by atoms with Crippen molar-refractivity contribution >= 4 is 28.6 Å². The minimum Gasteiger partial charge on any atom is -0.336 e. The SMILES string of the molecule is O=C1c2ccccc2C(=O)c2cc(C(=O)N3CCN(C4(S(=O)O)CCCCC4)CC3)ccc21. The van der Waals surface area contributed by atoms with Gasteiger partial charge >= 0.3 is 0 Å². The zero-order valence-electron chi connectivity index (χ0n) is 18.3. The average molecular weight is 467 g/mol. The van der Waals surface area contributed by atoms with E-state index in [0.717, 1.165) is 19.3 Å². The molecule has 0 radical (unpaired) electrons. The molecule has 3 aliphatic rings. The highest BCUT2D eigenvalue weighted by Gasteiger charge is 2.44. The Kier molecular flexibility index (Phi) is 5.76. The number of hydrogen-bond acceptors (Lipinski definition) is 5. The number of nitrogens with zero attached hydrogens (tertiary/aromatic N) is 2. The van der Waals surface area contributed by atoms with Gasteiger partial charge in [0, 0.05) is 54.0 Å². The van der Waals surface area contributed by atoms with Crippen molar-refractivity contribution in [2.75, 3.05) is 26.2 Å². The van der Waals surface area contributed by atoms with Gasteiger partial charge < -0.3 is 9.45 Å². The van der Waals surface area contributed by atoms with Crippen molar-refractivity contribution < 1.29 is 23.1 Å². The first kappa shape index (κ1) is 22.1. The van der Waals surface area contributed by atoms with Gasteiger partial charge in [-0.15, -0.1) is 0 Å². The van der Waals surface area contributed by atoms with Gasteiger partial charge in [-0.1, -0.05) is 43.5 Å². The van der Waals surface area contributed by atoms with Crippen LogP contribution in [0.3, 0.4) is 0 Å². The molecule has 1 saturated carbocycles. The van der Waals surface area contributed by atoms with E-state index < -0.39 is 16.0 Å². The molecule has 1 heterocycles. The lowest BCUT2D eigenvalue weighted by Crippen LogP contribution is -2.60. The highest BCUT2D eigenvalue weighted by atomic mass is 32.2. The maximum atomic E-state index is 13.2. The Hall–Kier alpha value is -2.68. The summed E-state index contributed by atoms with van der Waals surface area (Å²) in [5.41, 5.74) is 1.72. The molecule has 2 aliphatic carbocycles.